The first kappa shape index (κ1) is 71.4. The van der Waals surface area contributed by atoms with Gasteiger partial charge in [-0.15, -0.1) is 0 Å². The molecule has 0 spiro atoms. The van der Waals surface area contributed by atoms with E-state index in [1.807, 2.05) is 6.08 Å². The highest BCUT2D eigenvalue weighted by Crippen LogP contribution is 2.26. The minimum absolute atomic E-state index is 0.120. The van der Waals surface area contributed by atoms with Crippen LogP contribution in [0.15, 0.2) is 60.8 Å². The fourth-order valence-electron chi connectivity index (χ4n) is 9.58. The van der Waals surface area contributed by atoms with E-state index in [2.05, 4.69) is 74.7 Å². The summed E-state index contributed by atoms with van der Waals surface area (Å²) >= 11 is 0. The number of esters is 1. The maximum Gasteiger partial charge on any atom is 0.306 e. The number of amides is 1. The van der Waals surface area contributed by atoms with Gasteiger partial charge in [-0.2, -0.15) is 0 Å². The number of carbonyl (C=O) groups is 2. The van der Waals surface area contributed by atoms with Gasteiger partial charge >= 0.3 is 5.97 Å². The van der Waals surface area contributed by atoms with E-state index in [-0.39, 0.29) is 19.4 Å². The van der Waals surface area contributed by atoms with Gasteiger partial charge < -0.3 is 45.1 Å². The molecule has 11 heteroatoms. The minimum atomic E-state index is -1.62. The number of aliphatic hydroxyl groups is 5. The topological polar surface area (TPSA) is 175 Å². The molecule has 1 aliphatic heterocycles. The van der Waals surface area contributed by atoms with Crippen molar-refractivity contribution in [2.75, 3.05) is 13.2 Å². The quantitative estimate of drug-likeness (QED) is 0.0195. The fraction of sp³-hybridized carbons (Fsp3) is 0.815. The van der Waals surface area contributed by atoms with E-state index >= 15 is 0 Å². The number of ether oxygens (including phenoxy) is 3. The lowest BCUT2D eigenvalue weighted by Crippen LogP contribution is -2.61. The van der Waals surface area contributed by atoms with Crippen LogP contribution in [0.1, 0.15) is 278 Å². The summed E-state index contributed by atoms with van der Waals surface area (Å²) in [6.45, 7) is 5.71. The molecule has 11 nitrogen and oxygen atoms in total. The number of rotatable bonds is 53. The van der Waals surface area contributed by atoms with E-state index in [9.17, 15) is 35.1 Å². The molecule has 1 amide bonds. The average molecular weight is 1070 g/mol. The van der Waals surface area contributed by atoms with Crippen LogP contribution in [0.4, 0.5) is 0 Å². The van der Waals surface area contributed by atoms with Gasteiger partial charge in [-0.3, -0.25) is 9.59 Å². The van der Waals surface area contributed by atoms with Crippen molar-refractivity contribution in [3.05, 3.63) is 60.8 Å². The second-order valence-corrected chi connectivity index (χ2v) is 21.8. The number of hydrogen-bond donors (Lipinski definition) is 6. The Bertz CT molecular complexity index is 1460. The van der Waals surface area contributed by atoms with Crippen LogP contribution in [0.2, 0.25) is 0 Å². The zero-order valence-corrected chi connectivity index (χ0v) is 48.9. The molecule has 1 rings (SSSR count). The van der Waals surface area contributed by atoms with Gasteiger partial charge in [0.05, 0.1) is 25.4 Å². The Balaban J connectivity index is 2.57. The zero-order chi connectivity index (χ0) is 55.4. The zero-order valence-electron chi connectivity index (χ0n) is 48.9. The Morgan fingerprint density at radius 1 is 0.513 bits per heavy atom. The lowest BCUT2D eigenvalue weighted by Gasteiger charge is -2.41. The van der Waals surface area contributed by atoms with Crippen molar-refractivity contribution >= 4 is 11.9 Å². The molecule has 0 aromatic carbocycles. The summed E-state index contributed by atoms with van der Waals surface area (Å²) in [5, 5.41) is 56.8. The summed E-state index contributed by atoms with van der Waals surface area (Å²) in [5.74, 6) is -1.20. The average Bonchev–Trinajstić information content (AvgIpc) is 3.42. The monoisotopic (exact) mass is 1070 g/mol. The van der Waals surface area contributed by atoms with Gasteiger partial charge in [0.1, 0.15) is 24.4 Å². The number of carbonyl (C=O) groups excluding carboxylic acids is 2. The molecule has 6 N–H and O–H groups in total. The third kappa shape index (κ3) is 40.5. The normalized spacial score (nSPS) is 19.5. The number of aliphatic hydroxyl groups excluding tert-OH is 5. The second kappa shape index (κ2) is 53.0. The Kier molecular flexibility index (Phi) is 49.8. The van der Waals surface area contributed by atoms with Gasteiger partial charge in [-0.1, -0.05) is 248 Å². The summed E-state index contributed by atoms with van der Waals surface area (Å²) in [7, 11) is 0. The van der Waals surface area contributed by atoms with Crippen molar-refractivity contribution in [1.82, 2.24) is 5.32 Å². The molecular weight excluding hydrogens is 955 g/mol. The van der Waals surface area contributed by atoms with E-state index in [0.29, 0.717) is 12.8 Å². The van der Waals surface area contributed by atoms with Crippen molar-refractivity contribution in [3.63, 3.8) is 0 Å². The van der Waals surface area contributed by atoms with Crippen molar-refractivity contribution < 1.29 is 49.3 Å². The Morgan fingerprint density at radius 3 is 1.43 bits per heavy atom. The number of hydrogen-bond acceptors (Lipinski definition) is 10. The van der Waals surface area contributed by atoms with Crippen LogP contribution in [0.25, 0.3) is 0 Å². The van der Waals surface area contributed by atoms with Crippen LogP contribution >= 0.6 is 0 Å². The highest BCUT2D eigenvalue weighted by atomic mass is 16.7. The first-order valence-corrected chi connectivity index (χ1v) is 31.6. The molecule has 0 radical (unpaired) electrons. The van der Waals surface area contributed by atoms with E-state index in [1.165, 1.54) is 148 Å². The largest absolute Gasteiger partial charge is 0.454 e. The lowest BCUT2D eigenvalue weighted by atomic mass is 9.99. The van der Waals surface area contributed by atoms with Crippen LogP contribution in [-0.4, -0.2) is 99.6 Å². The third-order valence-electron chi connectivity index (χ3n) is 14.6. The molecule has 76 heavy (non-hydrogen) atoms. The summed E-state index contributed by atoms with van der Waals surface area (Å²) in [6, 6.07) is -1.03. The van der Waals surface area contributed by atoms with E-state index in [4.69, 9.17) is 14.2 Å². The van der Waals surface area contributed by atoms with Crippen molar-refractivity contribution in [2.24, 2.45) is 0 Å². The molecular formula is C65H117NO10. The molecule has 0 aromatic rings. The summed E-state index contributed by atoms with van der Waals surface area (Å²) in [6.07, 6.45) is 55.6. The molecule has 1 fully saturated rings. The van der Waals surface area contributed by atoms with Gasteiger partial charge in [-0.05, 0) is 83.5 Å². The van der Waals surface area contributed by atoms with E-state index in [0.717, 1.165) is 83.5 Å². The molecule has 1 heterocycles. The number of unbranched alkanes of at least 4 members (excludes halogenated alkanes) is 31. The Morgan fingerprint density at radius 2 is 0.921 bits per heavy atom. The lowest BCUT2D eigenvalue weighted by molar-refractivity contribution is -0.305. The molecule has 1 saturated heterocycles. The number of nitrogens with one attached hydrogen (secondary N) is 1. The summed E-state index contributed by atoms with van der Waals surface area (Å²) in [5.41, 5.74) is 0. The predicted molar refractivity (Wildman–Crippen MR) is 315 cm³/mol. The van der Waals surface area contributed by atoms with Crippen molar-refractivity contribution in [3.8, 4) is 0 Å². The molecule has 0 bridgehead atoms. The molecule has 1 aliphatic rings. The van der Waals surface area contributed by atoms with E-state index < -0.39 is 67.4 Å². The maximum absolute atomic E-state index is 13.3. The van der Waals surface area contributed by atoms with Gasteiger partial charge in [0.15, 0.2) is 12.4 Å². The van der Waals surface area contributed by atoms with Gasteiger partial charge in [0, 0.05) is 6.42 Å². The maximum atomic E-state index is 13.3. The smallest absolute Gasteiger partial charge is 0.306 e. The second-order valence-electron chi connectivity index (χ2n) is 21.8. The first-order chi connectivity index (χ1) is 37.2. The molecule has 8 atom stereocenters. The third-order valence-corrected chi connectivity index (χ3v) is 14.6. The van der Waals surface area contributed by atoms with Gasteiger partial charge in [0.25, 0.3) is 0 Å². The Labute approximate surface area is 465 Å². The molecule has 0 aliphatic carbocycles. The van der Waals surface area contributed by atoms with Crippen molar-refractivity contribution in [2.45, 2.75) is 327 Å². The van der Waals surface area contributed by atoms with Crippen molar-refractivity contribution in [1.29, 1.82) is 0 Å². The number of allylic oxidation sites excluding steroid dienone is 9. The van der Waals surface area contributed by atoms with Crippen LogP contribution in [-0.2, 0) is 23.8 Å². The molecule has 0 saturated carbocycles. The van der Waals surface area contributed by atoms with Gasteiger partial charge in [-0.25, -0.2) is 0 Å². The van der Waals surface area contributed by atoms with Crippen LogP contribution in [0, 0.1) is 0 Å². The highest BCUT2D eigenvalue weighted by Gasteiger charge is 2.47. The highest BCUT2D eigenvalue weighted by molar-refractivity contribution is 5.80. The molecule has 442 valence electrons. The van der Waals surface area contributed by atoms with Crippen LogP contribution < -0.4 is 5.32 Å². The predicted octanol–water partition coefficient (Wildman–Crippen LogP) is 15.0. The standard InChI is InChI=1S/C65H117NO10/c1-4-7-10-13-16-19-22-24-25-26-27-28-29-30-31-32-33-34-35-36-38-41-44-47-50-53-60(70)76-63-62(72)61(71)59(54-67)75-65(63)74-55-56(57(68)51-48-45-42-40-37-23-20-17-14-11-8-5-2)66-64(73)58(69)52-49-46-43-39-21-18-15-12-9-6-3/h15-16,18-19,24-25,27-28,48,51,56-59,61-63,65,67-69,71-72H,4-14,17,20-23,26,29-47,49-50,52-55H2,1-3H3,(H,66,73)/b18-15-,19-16-,25-24-,28-27-,51-48+. The Hall–Kier alpha value is -2.64. The van der Waals surface area contributed by atoms with E-state index in [1.54, 1.807) is 6.08 Å². The van der Waals surface area contributed by atoms with Gasteiger partial charge in [0.2, 0.25) is 5.91 Å². The fourth-order valence-corrected chi connectivity index (χ4v) is 9.58. The first-order valence-electron chi connectivity index (χ1n) is 31.6. The molecule has 8 unspecified atom stereocenters. The SMILES string of the molecule is CCCC/C=C\CCCCCCC(O)C(=O)NC(COC1OC(CO)C(O)C(O)C1OC(=O)CCCCCCCCCCCCCC/C=C\C/C=C\C/C=C\CCCCC)C(O)/C=C/CCCCCCCCCCCC. The summed E-state index contributed by atoms with van der Waals surface area (Å²) < 4.78 is 17.6. The van der Waals surface area contributed by atoms with Crippen LogP contribution in [0.5, 0.6) is 0 Å². The van der Waals surface area contributed by atoms with Crippen LogP contribution in [0.3, 0.4) is 0 Å². The molecule has 0 aromatic heterocycles. The summed E-state index contributed by atoms with van der Waals surface area (Å²) in [4.78, 5) is 26.5. The minimum Gasteiger partial charge on any atom is -0.454 e.